The van der Waals surface area contributed by atoms with Gasteiger partial charge in [-0.25, -0.2) is 4.79 Å². The molecule has 0 bridgehead atoms. The van der Waals surface area contributed by atoms with E-state index < -0.39 is 5.97 Å². The Morgan fingerprint density at radius 1 is 1.42 bits per heavy atom. The van der Waals surface area contributed by atoms with Crippen molar-refractivity contribution in [3.8, 4) is 5.75 Å². The smallest absolute Gasteiger partial charge is 0.335 e. The third-order valence-electron chi connectivity index (χ3n) is 3.45. The van der Waals surface area contributed by atoms with Crippen LogP contribution in [0, 0.1) is 0 Å². The minimum absolute atomic E-state index is 0.00322. The van der Waals surface area contributed by atoms with Crippen molar-refractivity contribution in [1.29, 1.82) is 0 Å². The van der Waals surface area contributed by atoms with E-state index in [9.17, 15) is 9.90 Å². The third-order valence-corrected chi connectivity index (χ3v) is 3.45. The van der Waals surface area contributed by atoms with E-state index in [1.165, 1.54) is 18.3 Å². The molecule has 0 aromatic heterocycles. The zero-order chi connectivity index (χ0) is 13.8. The molecule has 0 saturated heterocycles. The molecule has 3 N–H and O–H groups in total. The number of aromatic carboxylic acids is 1. The number of nitrogens with zero attached hydrogens (tertiary/aromatic N) is 1. The number of benzene rings is 1. The van der Waals surface area contributed by atoms with E-state index in [1.54, 1.807) is 0 Å². The normalized spacial score (nSPS) is 23.6. The average molecular weight is 261 g/mol. The number of hydrogen-bond acceptors (Lipinski definition) is 4. The molecule has 5 nitrogen and oxygen atoms in total. The molecule has 1 aromatic carbocycles. The van der Waals surface area contributed by atoms with Gasteiger partial charge in [-0.2, -0.15) is 0 Å². The monoisotopic (exact) mass is 261 g/mol. The average Bonchev–Trinajstić information content (AvgIpc) is 2.39. The first-order valence-corrected chi connectivity index (χ1v) is 6.41. The Balaban J connectivity index is 2.12. The quantitative estimate of drug-likeness (QED) is 0.797. The Bertz CT molecular complexity index is 499. The maximum Gasteiger partial charge on any atom is 0.335 e. The number of aliphatic imine (C=N–C) groups is 1. The van der Waals surface area contributed by atoms with E-state index >= 15 is 0 Å². The number of rotatable bonds is 3. The Morgan fingerprint density at radius 2 is 2.16 bits per heavy atom. The van der Waals surface area contributed by atoms with Crippen molar-refractivity contribution in [3.63, 3.8) is 0 Å². The molecule has 102 valence electrons. The number of carboxylic acids is 1. The molecule has 0 heterocycles. The SMILES string of the molecule is N[C@@H]1CCCC[C@H]1N=Cc1ccc(C(=O)O)cc1[O-]. The van der Waals surface area contributed by atoms with Gasteiger partial charge < -0.3 is 15.9 Å². The van der Waals surface area contributed by atoms with Crippen LogP contribution in [0.25, 0.3) is 0 Å². The first-order chi connectivity index (χ1) is 9.08. The summed E-state index contributed by atoms with van der Waals surface area (Å²) in [5.41, 5.74) is 6.38. The summed E-state index contributed by atoms with van der Waals surface area (Å²) in [6.07, 6.45) is 5.66. The molecule has 1 fully saturated rings. The lowest BCUT2D eigenvalue weighted by molar-refractivity contribution is -0.268. The highest BCUT2D eigenvalue weighted by molar-refractivity contribution is 5.91. The summed E-state index contributed by atoms with van der Waals surface area (Å²) < 4.78 is 0. The van der Waals surface area contributed by atoms with Crippen molar-refractivity contribution in [2.45, 2.75) is 37.8 Å². The van der Waals surface area contributed by atoms with Gasteiger partial charge in [-0.05, 0) is 24.5 Å². The van der Waals surface area contributed by atoms with Crippen molar-refractivity contribution in [2.75, 3.05) is 0 Å². The lowest BCUT2D eigenvalue weighted by Gasteiger charge is -2.25. The summed E-state index contributed by atoms with van der Waals surface area (Å²) in [7, 11) is 0. The van der Waals surface area contributed by atoms with Crippen LogP contribution in [0.5, 0.6) is 5.75 Å². The van der Waals surface area contributed by atoms with Gasteiger partial charge in [0.15, 0.2) is 0 Å². The molecule has 0 amide bonds. The molecule has 19 heavy (non-hydrogen) atoms. The zero-order valence-corrected chi connectivity index (χ0v) is 10.6. The molecule has 0 radical (unpaired) electrons. The van der Waals surface area contributed by atoms with Crippen molar-refractivity contribution in [2.24, 2.45) is 10.7 Å². The fourth-order valence-corrected chi connectivity index (χ4v) is 2.28. The predicted octanol–water partition coefficient (Wildman–Crippen LogP) is 1.15. The summed E-state index contributed by atoms with van der Waals surface area (Å²) in [4.78, 5) is 15.1. The maximum absolute atomic E-state index is 11.7. The number of hydrogen-bond donors (Lipinski definition) is 2. The molecule has 0 aliphatic heterocycles. The molecule has 0 unspecified atom stereocenters. The fourth-order valence-electron chi connectivity index (χ4n) is 2.28. The molecular weight excluding hydrogens is 244 g/mol. The van der Waals surface area contributed by atoms with Crippen molar-refractivity contribution < 1.29 is 15.0 Å². The van der Waals surface area contributed by atoms with Crippen LogP contribution in [0.1, 0.15) is 41.6 Å². The van der Waals surface area contributed by atoms with Gasteiger partial charge in [0.2, 0.25) is 0 Å². The second-order valence-corrected chi connectivity index (χ2v) is 4.85. The van der Waals surface area contributed by atoms with Crippen LogP contribution in [-0.2, 0) is 0 Å². The van der Waals surface area contributed by atoms with E-state index in [1.807, 2.05) is 0 Å². The van der Waals surface area contributed by atoms with Gasteiger partial charge in [0.25, 0.3) is 0 Å². The standard InChI is InChI=1S/C14H18N2O3/c15-11-3-1-2-4-12(11)16-8-10-6-5-9(14(18)19)7-13(10)17/h5-8,11-12,17H,1-4,15H2,(H,18,19)/p-1/t11-,12-/m1/s1. The van der Waals surface area contributed by atoms with E-state index in [0.717, 1.165) is 31.7 Å². The van der Waals surface area contributed by atoms with Crippen LogP contribution in [0.15, 0.2) is 23.2 Å². The molecule has 5 heteroatoms. The van der Waals surface area contributed by atoms with Gasteiger partial charge in [0, 0.05) is 12.3 Å². The molecule has 0 spiro atoms. The van der Waals surface area contributed by atoms with Crippen LogP contribution in [0.4, 0.5) is 0 Å². The predicted molar refractivity (Wildman–Crippen MR) is 70.7 cm³/mol. The van der Waals surface area contributed by atoms with Crippen molar-refractivity contribution in [3.05, 3.63) is 29.3 Å². The Labute approximate surface area is 111 Å². The third kappa shape index (κ3) is 3.32. The molecule has 1 saturated carbocycles. The van der Waals surface area contributed by atoms with E-state index in [2.05, 4.69) is 4.99 Å². The summed E-state index contributed by atoms with van der Waals surface area (Å²) >= 11 is 0. The lowest BCUT2D eigenvalue weighted by atomic mass is 9.91. The number of nitrogens with two attached hydrogens (primary N) is 1. The molecule has 1 aromatic rings. The second kappa shape index (κ2) is 5.84. The van der Waals surface area contributed by atoms with E-state index in [4.69, 9.17) is 10.8 Å². The first kappa shape index (κ1) is 13.5. The minimum Gasteiger partial charge on any atom is -0.872 e. The van der Waals surface area contributed by atoms with E-state index in [-0.39, 0.29) is 23.4 Å². The summed E-state index contributed by atoms with van der Waals surface area (Å²) in [6.45, 7) is 0. The first-order valence-electron chi connectivity index (χ1n) is 6.41. The minimum atomic E-state index is -1.10. The lowest BCUT2D eigenvalue weighted by Crippen LogP contribution is -2.36. The van der Waals surface area contributed by atoms with Gasteiger partial charge >= 0.3 is 5.97 Å². The van der Waals surface area contributed by atoms with Gasteiger partial charge in [-0.3, -0.25) is 4.99 Å². The fraction of sp³-hybridized carbons (Fsp3) is 0.429. The van der Waals surface area contributed by atoms with Gasteiger partial charge in [-0.1, -0.05) is 30.7 Å². The largest absolute Gasteiger partial charge is 0.872 e. The molecule has 1 aliphatic carbocycles. The maximum atomic E-state index is 11.7. The molecule has 2 atom stereocenters. The van der Waals surface area contributed by atoms with Crippen LogP contribution in [-0.4, -0.2) is 29.4 Å². The summed E-state index contributed by atoms with van der Waals surface area (Å²) in [6, 6.07) is 4.13. The Morgan fingerprint density at radius 3 is 2.79 bits per heavy atom. The highest BCUT2D eigenvalue weighted by Crippen LogP contribution is 2.20. The van der Waals surface area contributed by atoms with Gasteiger partial charge in [-0.15, -0.1) is 0 Å². The van der Waals surface area contributed by atoms with Crippen LogP contribution in [0.2, 0.25) is 0 Å². The number of carbonyl (C=O) groups is 1. The highest BCUT2D eigenvalue weighted by atomic mass is 16.4. The van der Waals surface area contributed by atoms with Gasteiger partial charge in [0.1, 0.15) is 0 Å². The molecule has 2 rings (SSSR count). The van der Waals surface area contributed by atoms with Crippen LogP contribution >= 0.6 is 0 Å². The zero-order valence-electron chi connectivity index (χ0n) is 10.6. The van der Waals surface area contributed by atoms with E-state index in [0.29, 0.717) is 5.56 Å². The summed E-state index contributed by atoms with van der Waals surface area (Å²) in [5, 5.41) is 20.5. The molecular formula is C14H17N2O3-. The number of carboxylic acid groups (broad SMARTS) is 1. The van der Waals surface area contributed by atoms with Gasteiger partial charge in [0.05, 0.1) is 11.6 Å². The topological polar surface area (TPSA) is 98.7 Å². The van der Waals surface area contributed by atoms with Crippen molar-refractivity contribution >= 4 is 12.2 Å². The second-order valence-electron chi connectivity index (χ2n) is 4.85. The highest BCUT2D eigenvalue weighted by Gasteiger charge is 2.20. The van der Waals surface area contributed by atoms with Crippen LogP contribution in [0.3, 0.4) is 0 Å². The summed E-state index contributed by atoms with van der Waals surface area (Å²) in [5.74, 6) is -1.43. The molecule has 1 aliphatic rings. The van der Waals surface area contributed by atoms with Crippen LogP contribution < -0.4 is 10.8 Å². The Hall–Kier alpha value is -1.88. The van der Waals surface area contributed by atoms with Crippen molar-refractivity contribution in [1.82, 2.24) is 0 Å². The Kier molecular flexibility index (Phi) is 4.16.